The van der Waals surface area contributed by atoms with Gasteiger partial charge in [-0.15, -0.1) is 0 Å². The summed E-state index contributed by atoms with van der Waals surface area (Å²) < 4.78 is 27.8. The van der Waals surface area contributed by atoms with E-state index in [0.717, 1.165) is 25.9 Å². The summed E-state index contributed by atoms with van der Waals surface area (Å²) in [4.78, 5) is 2.76. The summed E-state index contributed by atoms with van der Waals surface area (Å²) in [5, 5.41) is 0.495. The van der Waals surface area contributed by atoms with Crippen molar-refractivity contribution < 1.29 is 8.42 Å². The van der Waals surface area contributed by atoms with E-state index in [1.54, 1.807) is 29.4 Å². The Balaban J connectivity index is 1.51. The zero-order valence-electron chi connectivity index (χ0n) is 14.9. The van der Waals surface area contributed by atoms with Crippen LogP contribution < -0.4 is 0 Å². The first-order chi connectivity index (χ1) is 12.5. The molecule has 0 radical (unpaired) electrons. The molecule has 2 aromatic carbocycles. The van der Waals surface area contributed by atoms with E-state index in [4.69, 9.17) is 11.6 Å². The minimum absolute atomic E-state index is 0.276. The summed E-state index contributed by atoms with van der Waals surface area (Å²) in [5.74, 6) is 0. The van der Waals surface area contributed by atoms with E-state index in [-0.39, 0.29) is 6.04 Å². The molecule has 4 rings (SSSR count). The molecular formula is C20H23ClN2O2S. The number of sulfonamides is 1. The molecule has 2 aliphatic heterocycles. The Kier molecular flexibility index (Phi) is 4.82. The Morgan fingerprint density at radius 2 is 1.81 bits per heavy atom. The first kappa shape index (κ1) is 18.0. The second-order valence-corrected chi connectivity index (χ2v) is 9.47. The molecule has 2 aromatic rings. The van der Waals surface area contributed by atoms with Crippen molar-refractivity contribution in [2.45, 2.75) is 37.2 Å². The maximum absolute atomic E-state index is 13.1. The fourth-order valence-electron chi connectivity index (χ4n) is 4.06. The molecule has 4 nitrogen and oxygen atoms in total. The van der Waals surface area contributed by atoms with Gasteiger partial charge in [-0.25, -0.2) is 8.42 Å². The molecule has 1 fully saturated rings. The predicted octanol–water partition coefficient (Wildman–Crippen LogP) is 3.47. The monoisotopic (exact) mass is 390 g/mol. The first-order valence-electron chi connectivity index (χ1n) is 9.03. The molecule has 0 aromatic heterocycles. The number of benzene rings is 2. The van der Waals surface area contributed by atoms with E-state index in [1.807, 2.05) is 0 Å². The minimum Gasteiger partial charge on any atom is -0.294 e. The zero-order valence-corrected chi connectivity index (χ0v) is 16.4. The summed E-state index contributed by atoms with van der Waals surface area (Å²) in [6.07, 6.45) is 1.91. The lowest BCUT2D eigenvalue weighted by Gasteiger charge is -2.33. The van der Waals surface area contributed by atoms with E-state index >= 15 is 0 Å². The van der Waals surface area contributed by atoms with Crippen LogP contribution in [0, 0.1) is 6.92 Å². The highest BCUT2D eigenvalue weighted by atomic mass is 35.5. The molecule has 26 heavy (non-hydrogen) atoms. The van der Waals surface area contributed by atoms with Gasteiger partial charge in [-0.2, -0.15) is 4.31 Å². The SMILES string of the molecule is Cc1c(Cl)cccc1S(=O)(=O)N1CC[C@@H](N2CCc3ccccc3C2)C1. The Morgan fingerprint density at radius 1 is 1.04 bits per heavy atom. The largest absolute Gasteiger partial charge is 0.294 e. The van der Waals surface area contributed by atoms with Crippen LogP contribution in [-0.2, 0) is 23.0 Å². The fourth-order valence-corrected chi connectivity index (χ4v) is 6.03. The van der Waals surface area contributed by atoms with Crippen molar-refractivity contribution in [3.8, 4) is 0 Å². The van der Waals surface area contributed by atoms with Crippen LogP contribution in [0.4, 0.5) is 0 Å². The maximum Gasteiger partial charge on any atom is 0.243 e. The molecule has 0 spiro atoms. The number of hydrogen-bond acceptors (Lipinski definition) is 3. The lowest BCUT2D eigenvalue weighted by Crippen LogP contribution is -2.41. The molecule has 1 saturated heterocycles. The highest BCUT2D eigenvalue weighted by Gasteiger charge is 2.36. The Hall–Kier alpha value is -1.40. The van der Waals surface area contributed by atoms with Gasteiger partial charge in [0.2, 0.25) is 10.0 Å². The Bertz CT molecular complexity index is 929. The lowest BCUT2D eigenvalue weighted by molar-refractivity contribution is 0.185. The predicted molar refractivity (Wildman–Crippen MR) is 104 cm³/mol. The van der Waals surface area contributed by atoms with Crippen molar-refractivity contribution >= 4 is 21.6 Å². The van der Waals surface area contributed by atoms with Gasteiger partial charge in [0.15, 0.2) is 0 Å². The van der Waals surface area contributed by atoms with Crippen LogP contribution in [0.3, 0.4) is 0 Å². The van der Waals surface area contributed by atoms with E-state index in [2.05, 4.69) is 29.2 Å². The summed E-state index contributed by atoms with van der Waals surface area (Å²) >= 11 is 6.13. The number of rotatable bonds is 3. The van der Waals surface area contributed by atoms with Crippen molar-refractivity contribution in [2.24, 2.45) is 0 Å². The van der Waals surface area contributed by atoms with Crippen LogP contribution in [0.5, 0.6) is 0 Å². The van der Waals surface area contributed by atoms with Crippen LogP contribution >= 0.6 is 11.6 Å². The molecule has 2 aliphatic rings. The standard InChI is InChI=1S/C20H23ClN2O2S/c1-15-19(21)7-4-8-20(15)26(24,25)23-12-10-18(14-23)22-11-9-16-5-2-3-6-17(16)13-22/h2-8,18H,9-14H2,1H3/t18-/m1/s1. The first-order valence-corrected chi connectivity index (χ1v) is 10.8. The Morgan fingerprint density at radius 3 is 2.62 bits per heavy atom. The van der Waals surface area contributed by atoms with Crippen molar-refractivity contribution in [3.63, 3.8) is 0 Å². The third-order valence-electron chi connectivity index (χ3n) is 5.64. The van der Waals surface area contributed by atoms with Gasteiger partial charge in [0.25, 0.3) is 0 Å². The highest BCUT2D eigenvalue weighted by Crippen LogP contribution is 2.30. The molecular weight excluding hydrogens is 368 g/mol. The van der Waals surface area contributed by atoms with E-state index < -0.39 is 10.0 Å². The second-order valence-electron chi connectivity index (χ2n) is 7.16. The molecule has 0 saturated carbocycles. The van der Waals surface area contributed by atoms with Crippen LogP contribution in [0.2, 0.25) is 5.02 Å². The van der Waals surface area contributed by atoms with Crippen LogP contribution in [-0.4, -0.2) is 43.3 Å². The molecule has 138 valence electrons. The van der Waals surface area contributed by atoms with E-state index in [0.29, 0.717) is 28.6 Å². The van der Waals surface area contributed by atoms with Crippen molar-refractivity contribution in [1.82, 2.24) is 9.21 Å². The van der Waals surface area contributed by atoms with Crippen molar-refractivity contribution in [2.75, 3.05) is 19.6 Å². The van der Waals surface area contributed by atoms with Gasteiger partial charge >= 0.3 is 0 Å². The zero-order chi connectivity index (χ0) is 18.3. The minimum atomic E-state index is -3.50. The molecule has 0 aliphatic carbocycles. The fraction of sp³-hybridized carbons (Fsp3) is 0.400. The topological polar surface area (TPSA) is 40.6 Å². The quantitative estimate of drug-likeness (QED) is 0.805. The number of halogens is 1. The van der Waals surface area contributed by atoms with Crippen molar-refractivity contribution in [3.05, 3.63) is 64.2 Å². The van der Waals surface area contributed by atoms with Crippen LogP contribution in [0.25, 0.3) is 0 Å². The van der Waals surface area contributed by atoms with Gasteiger partial charge in [-0.05, 0) is 48.6 Å². The van der Waals surface area contributed by atoms with Gasteiger partial charge < -0.3 is 0 Å². The second kappa shape index (κ2) is 6.97. The molecule has 1 atom stereocenters. The number of nitrogens with zero attached hydrogens (tertiary/aromatic N) is 2. The molecule has 0 unspecified atom stereocenters. The van der Waals surface area contributed by atoms with Gasteiger partial charge in [0.1, 0.15) is 0 Å². The number of fused-ring (bicyclic) bond motifs is 1. The molecule has 0 bridgehead atoms. The average molecular weight is 391 g/mol. The van der Waals surface area contributed by atoms with Gasteiger partial charge in [-0.1, -0.05) is 41.9 Å². The molecule has 6 heteroatoms. The summed E-state index contributed by atoms with van der Waals surface area (Å²) in [6.45, 7) is 4.79. The van der Waals surface area contributed by atoms with Crippen LogP contribution in [0.1, 0.15) is 23.1 Å². The summed E-state index contributed by atoms with van der Waals surface area (Å²) in [7, 11) is -3.50. The van der Waals surface area contributed by atoms with Gasteiger partial charge in [0, 0.05) is 37.2 Å². The highest BCUT2D eigenvalue weighted by molar-refractivity contribution is 7.89. The third kappa shape index (κ3) is 3.18. The Labute approximate surface area is 160 Å². The van der Waals surface area contributed by atoms with Gasteiger partial charge in [0.05, 0.1) is 4.90 Å². The maximum atomic E-state index is 13.1. The lowest BCUT2D eigenvalue weighted by atomic mass is 9.98. The smallest absolute Gasteiger partial charge is 0.243 e. The number of hydrogen-bond donors (Lipinski definition) is 0. The third-order valence-corrected chi connectivity index (χ3v) is 8.06. The molecule has 0 N–H and O–H groups in total. The molecule has 0 amide bonds. The normalized spacial score (nSPS) is 21.7. The summed E-state index contributed by atoms with van der Waals surface area (Å²) in [5.41, 5.74) is 3.41. The van der Waals surface area contributed by atoms with Crippen LogP contribution in [0.15, 0.2) is 47.4 Å². The molecule has 2 heterocycles. The van der Waals surface area contributed by atoms with E-state index in [1.165, 1.54) is 11.1 Å². The van der Waals surface area contributed by atoms with Gasteiger partial charge in [-0.3, -0.25) is 4.90 Å². The summed E-state index contributed by atoms with van der Waals surface area (Å²) in [6, 6.07) is 13.9. The van der Waals surface area contributed by atoms with Crippen molar-refractivity contribution in [1.29, 1.82) is 0 Å². The average Bonchev–Trinajstić information content (AvgIpc) is 3.14. The van der Waals surface area contributed by atoms with E-state index in [9.17, 15) is 8.42 Å².